The summed E-state index contributed by atoms with van der Waals surface area (Å²) in [6.45, 7) is 4.40. The molecule has 4 N–H and O–H groups in total. The summed E-state index contributed by atoms with van der Waals surface area (Å²) >= 11 is 12.5. The zero-order valence-electron chi connectivity index (χ0n) is 19.0. The van der Waals surface area contributed by atoms with Crippen molar-refractivity contribution in [1.82, 2.24) is 25.5 Å². The van der Waals surface area contributed by atoms with Gasteiger partial charge in [0, 0.05) is 53.6 Å². The molecule has 0 unspecified atom stereocenters. The van der Waals surface area contributed by atoms with Crippen molar-refractivity contribution in [1.29, 1.82) is 0 Å². The van der Waals surface area contributed by atoms with Gasteiger partial charge in [-0.05, 0) is 56.3 Å². The van der Waals surface area contributed by atoms with Crippen molar-refractivity contribution in [2.24, 2.45) is 11.1 Å². The van der Waals surface area contributed by atoms with Gasteiger partial charge >= 0.3 is 0 Å². The van der Waals surface area contributed by atoms with Crippen LogP contribution in [0, 0.1) is 5.41 Å². The van der Waals surface area contributed by atoms with E-state index in [1.807, 2.05) is 24.4 Å². The number of anilines is 1. The Labute approximate surface area is 212 Å². The Kier molecular flexibility index (Phi) is 5.76. The minimum atomic E-state index is -0.841. The molecule has 0 amide bonds. The lowest BCUT2D eigenvalue weighted by atomic mass is 9.72. The Balaban J connectivity index is 1.21. The van der Waals surface area contributed by atoms with Crippen molar-refractivity contribution in [2.75, 3.05) is 31.1 Å². The molecule has 0 aliphatic carbocycles. The van der Waals surface area contributed by atoms with Gasteiger partial charge in [-0.15, -0.1) is 0 Å². The number of fused-ring (bicyclic) bond motifs is 1. The summed E-state index contributed by atoms with van der Waals surface area (Å²) in [5.41, 5.74) is 9.83. The molecule has 2 fully saturated rings. The van der Waals surface area contributed by atoms with Crippen LogP contribution in [0.3, 0.4) is 0 Å². The highest BCUT2D eigenvalue weighted by atomic mass is 35.5. The largest absolute Gasteiger partial charge is 0.471 e. The van der Waals surface area contributed by atoms with Gasteiger partial charge in [0.1, 0.15) is 17.3 Å². The number of nitrogens with one attached hydrogen (secondary N) is 2. The van der Waals surface area contributed by atoms with E-state index in [1.165, 1.54) is 25.2 Å². The first-order valence-corrected chi connectivity index (χ1v) is 12.4. The number of H-pyrrole nitrogens is 1. The smallest absolute Gasteiger partial charge is 0.177 e. The van der Waals surface area contributed by atoms with Crippen LogP contribution in [0.15, 0.2) is 48.9 Å². The van der Waals surface area contributed by atoms with Crippen LogP contribution in [0.4, 0.5) is 5.82 Å². The zero-order chi connectivity index (χ0) is 24.0. The van der Waals surface area contributed by atoms with Gasteiger partial charge in [0.15, 0.2) is 6.23 Å². The molecule has 8 nitrogen and oxygen atoms in total. The molecule has 10 heteroatoms. The van der Waals surface area contributed by atoms with Gasteiger partial charge < -0.3 is 15.0 Å². The van der Waals surface area contributed by atoms with Crippen molar-refractivity contribution in [2.45, 2.75) is 19.1 Å². The zero-order valence-corrected chi connectivity index (χ0v) is 20.5. The molecule has 1 aromatic carbocycles. The van der Waals surface area contributed by atoms with Crippen LogP contribution >= 0.6 is 23.2 Å². The third-order valence-electron chi connectivity index (χ3n) is 7.03. The lowest BCUT2D eigenvalue weighted by molar-refractivity contribution is 0.149. The summed E-state index contributed by atoms with van der Waals surface area (Å²) in [5, 5.41) is 12.7. The molecule has 2 saturated heterocycles. The van der Waals surface area contributed by atoms with E-state index in [-0.39, 0.29) is 0 Å². The molecule has 4 aromatic rings. The van der Waals surface area contributed by atoms with Crippen molar-refractivity contribution in [3.05, 3.63) is 64.5 Å². The van der Waals surface area contributed by atoms with Crippen LogP contribution in [0.5, 0.6) is 5.75 Å². The van der Waals surface area contributed by atoms with E-state index in [0.717, 1.165) is 54.2 Å². The van der Waals surface area contributed by atoms with Gasteiger partial charge in [0.25, 0.3) is 0 Å². The number of nitrogens with zero attached hydrogens (tertiary/aromatic N) is 4. The molecule has 1 spiro atoms. The highest BCUT2D eigenvalue weighted by Crippen LogP contribution is 2.41. The predicted octanol–water partition coefficient (Wildman–Crippen LogP) is 4.55. The van der Waals surface area contributed by atoms with Crippen LogP contribution in [-0.2, 0) is 0 Å². The monoisotopic (exact) mass is 509 g/mol. The number of benzene rings is 1. The minimum absolute atomic E-state index is 0.356. The van der Waals surface area contributed by atoms with E-state index in [2.05, 4.69) is 37.5 Å². The Morgan fingerprint density at radius 3 is 2.51 bits per heavy atom. The molecule has 2 aliphatic rings. The van der Waals surface area contributed by atoms with Crippen molar-refractivity contribution in [3.8, 4) is 17.0 Å². The predicted molar refractivity (Wildman–Crippen MR) is 138 cm³/mol. The fourth-order valence-corrected chi connectivity index (χ4v) is 5.68. The molecule has 0 saturated carbocycles. The molecular formula is C25H25Cl2N7O. The number of hydrogen-bond acceptors (Lipinski definition) is 7. The third kappa shape index (κ3) is 4.21. The van der Waals surface area contributed by atoms with Crippen LogP contribution in [0.1, 0.15) is 24.6 Å². The lowest BCUT2D eigenvalue weighted by Crippen LogP contribution is -2.60. The number of nitrogens with two attached hydrogens (primary N) is 1. The van der Waals surface area contributed by atoms with Gasteiger partial charge in [0.2, 0.25) is 0 Å². The highest BCUT2D eigenvalue weighted by molar-refractivity contribution is 6.35. The Morgan fingerprint density at radius 1 is 1.03 bits per heavy atom. The van der Waals surface area contributed by atoms with E-state index in [1.54, 1.807) is 0 Å². The summed E-state index contributed by atoms with van der Waals surface area (Å²) in [7, 11) is 0. The molecule has 5 heterocycles. The number of ether oxygens (including phenoxy) is 1. The summed E-state index contributed by atoms with van der Waals surface area (Å²) in [4.78, 5) is 11.1. The van der Waals surface area contributed by atoms with E-state index in [4.69, 9.17) is 38.7 Å². The van der Waals surface area contributed by atoms with Crippen molar-refractivity contribution >= 4 is 39.9 Å². The van der Waals surface area contributed by atoms with Crippen LogP contribution in [0.2, 0.25) is 10.0 Å². The molecule has 0 radical (unpaired) electrons. The number of rotatable bonds is 5. The maximum absolute atomic E-state index is 6.25. The standard InChI is InChI=1S/C25H25Cl2N7O/c26-18-11-30-12-19(27)22(18)24(28)35-16-2-3-20-17(9-16)23(33-32-20)15-1-4-21(31-10-15)34-13-25(14-34)5-7-29-8-6-25/h1-4,9-12,24,29H,5-8,13-14,28H2,(H,32,33)/t24-/m0/s1. The first kappa shape index (κ1) is 22.5. The number of hydrogen-bond donors (Lipinski definition) is 3. The second-order valence-electron chi connectivity index (χ2n) is 9.35. The van der Waals surface area contributed by atoms with Gasteiger partial charge in [-0.2, -0.15) is 5.10 Å². The average Bonchev–Trinajstić information content (AvgIpc) is 3.26. The number of aromatic nitrogens is 4. The molecule has 2 aliphatic heterocycles. The number of piperidine rings is 1. The Hall–Kier alpha value is -2.91. The highest BCUT2D eigenvalue weighted by Gasteiger charge is 2.43. The average molecular weight is 510 g/mol. The first-order valence-electron chi connectivity index (χ1n) is 11.6. The number of pyridine rings is 2. The fourth-order valence-electron chi connectivity index (χ4n) is 5.10. The molecule has 1 atom stereocenters. The Morgan fingerprint density at radius 2 is 1.80 bits per heavy atom. The number of aromatic amines is 1. The normalized spacial score (nSPS) is 18.0. The number of halogens is 2. The van der Waals surface area contributed by atoms with Gasteiger partial charge in [0.05, 0.1) is 15.6 Å². The van der Waals surface area contributed by atoms with E-state index in [9.17, 15) is 0 Å². The summed E-state index contributed by atoms with van der Waals surface area (Å²) in [6.07, 6.45) is 6.52. The molecule has 3 aromatic heterocycles. The fraction of sp³-hybridized carbons (Fsp3) is 0.320. The topological polar surface area (TPSA) is 105 Å². The third-order valence-corrected chi connectivity index (χ3v) is 7.64. The lowest BCUT2D eigenvalue weighted by Gasteiger charge is -2.53. The van der Waals surface area contributed by atoms with Crippen LogP contribution < -0.4 is 20.7 Å². The van der Waals surface area contributed by atoms with E-state index < -0.39 is 6.23 Å². The second kappa shape index (κ2) is 8.95. The van der Waals surface area contributed by atoms with E-state index in [0.29, 0.717) is 26.8 Å². The molecular weight excluding hydrogens is 485 g/mol. The molecule has 35 heavy (non-hydrogen) atoms. The summed E-state index contributed by atoms with van der Waals surface area (Å²) in [6, 6.07) is 9.79. The molecule has 180 valence electrons. The van der Waals surface area contributed by atoms with Gasteiger partial charge in [-0.3, -0.25) is 15.8 Å². The van der Waals surface area contributed by atoms with Crippen molar-refractivity contribution < 1.29 is 4.74 Å². The minimum Gasteiger partial charge on any atom is -0.471 e. The van der Waals surface area contributed by atoms with Crippen molar-refractivity contribution in [3.63, 3.8) is 0 Å². The first-order chi connectivity index (χ1) is 17.0. The maximum atomic E-state index is 6.25. The van der Waals surface area contributed by atoms with Gasteiger partial charge in [-0.1, -0.05) is 23.2 Å². The second-order valence-corrected chi connectivity index (χ2v) is 10.2. The van der Waals surface area contributed by atoms with Crippen LogP contribution in [0.25, 0.3) is 22.2 Å². The SMILES string of the molecule is N[C@@H](Oc1ccc2[nH]nc(-c3ccc(N4CC5(CCNCC5)C4)nc3)c2c1)c1c(Cl)cncc1Cl. The molecule has 0 bridgehead atoms. The molecule has 6 rings (SSSR count). The van der Waals surface area contributed by atoms with Crippen LogP contribution in [-0.4, -0.2) is 46.3 Å². The van der Waals surface area contributed by atoms with Gasteiger partial charge in [-0.25, -0.2) is 4.98 Å². The quantitative estimate of drug-likeness (QED) is 0.338. The Bertz CT molecular complexity index is 1340. The van der Waals surface area contributed by atoms with E-state index >= 15 is 0 Å². The maximum Gasteiger partial charge on any atom is 0.177 e. The summed E-state index contributed by atoms with van der Waals surface area (Å²) in [5.74, 6) is 1.59. The summed E-state index contributed by atoms with van der Waals surface area (Å²) < 4.78 is 5.97.